The zero-order valence-electron chi connectivity index (χ0n) is 10.4. The van der Waals surface area contributed by atoms with Crippen LogP contribution in [-0.2, 0) is 17.6 Å². The van der Waals surface area contributed by atoms with E-state index in [4.69, 9.17) is 10.5 Å². The average Bonchev–Trinajstić information content (AvgIpc) is 2.31. The number of unbranched alkanes of at least 4 members (excludes halogenated alkanes) is 1. The van der Waals surface area contributed by atoms with Crippen molar-refractivity contribution in [3.8, 4) is 0 Å². The van der Waals surface area contributed by atoms with Crippen LogP contribution < -0.4 is 5.73 Å². The Labute approximate surface area is 98.8 Å². The van der Waals surface area contributed by atoms with Gasteiger partial charge in [0, 0.05) is 7.11 Å². The standard InChI is InChI=1S/C14H23NO/c1-12(16-2)11-14-8-6-13(7-9-14)5-3-4-10-15/h6-9,12H,3-5,10-11,15H2,1-2H3. The second-order valence-corrected chi connectivity index (χ2v) is 4.31. The van der Waals surface area contributed by atoms with Crippen molar-refractivity contribution in [2.45, 2.75) is 38.7 Å². The van der Waals surface area contributed by atoms with E-state index in [-0.39, 0.29) is 0 Å². The first-order valence-corrected chi connectivity index (χ1v) is 6.07. The second-order valence-electron chi connectivity index (χ2n) is 4.31. The maximum Gasteiger partial charge on any atom is 0.0583 e. The van der Waals surface area contributed by atoms with Gasteiger partial charge in [-0.05, 0) is 50.3 Å². The Morgan fingerprint density at radius 3 is 2.31 bits per heavy atom. The molecule has 1 rings (SSSR count). The van der Waals surface area contributed by atoms with Crippen molar-refractivity contribution < 1.29 is 4.74 Å². The van der Waals surface area contributed by atoms with Gasteiger partial charge in [-0.15, -0.1) is 0 Å². The summed E-state index contributed by atoms with van der Waals surface area (Å²) in [6, 6.07) is 8.84. The summed E-state index contributed by atoms with van der Waals surface area (Å²) in [6.07, 6.45) is 4.71. The SMILES string of the molecule is COC(C)Cc1ccc(CCCCN)cc1. The number of benzene rings is 1. The summed E-state index contributed by atoms with van der Waals surface area (Å²) < 4.78 is 5.25. The Morgan fingerprint density at radius 1 is 1.12 bits per heavy atom. The van der Waals surface area contributed by atoms with Gasteiger partial charge in [0.05, 0.1) is 6.10 Å². The van der Waals surface area contributed by atoms with E-state index in [2.05, 4.69) is 31.2 Å². The van der Waals surface area contributed by atoms with Crippen LogP contribution in [0.25, 0.3) is 0 Å². The minimum Gasteiger partial charge on any atom is -0.381 e. The first-order valence-electron chi connectivity index (χ1n) is 6.07. The smallest absolute Gasteiger partial charge is 0.0583 e. The Bertz CT molecular complexity index is 281. The molecule has 16 heavy (non-hydrogen) atoms. The van der Waals surface area contributed by atoms with Crippen LogP contribution in [0, 0.1) is 0 Å². The fourth-order valence-corrected chi connectivity index (χ4v) is 1.73. The van der Waals surface area contributed by atoms with Gasteiger partial charge in [-0.25, -0.2) is 0 Å². The average molecular weight is 221 g/mol. The molecule has 0 heterocycles. The molecule has 0 aliphatic heterocycles. The van der Waals surface area contributed by atoms with E-state index >= 15 is 0 Å². The van der Waals surface area contributed by atoms with Crippen LogP contribution >= 0.6 is 0 Å². The molecule has 0 spiro atoms. The summed E-state index contributed by atoms with van der Waals surface area (Å²) in [5.74, 6) is 0. The Hall–Kier alpha value is -0.860. The van der Waals surface area contributed by atoms with E-state index in [0.717, 1.165) is 25.8 Å². The molecule has 2 nitrogen and oxygen atoms in total. The molecule has 0 saturated carbocycles. The third-order valence-corrected chi connectivity index (χ3v) is 2.87. The molecular formula is C14H23NO. The van der Waals surface area contributed by atoms with Crippen LogP contribution in [0.3, 0.4) is 0 Å². The fourth-order valence-electron chi connectivity index (χ4n) is 1.73. The highest BCUT2D eigenvalue weighted by molar-refractivity contribution is 5.23. The zero-order chi connectivity index (χ0) is 11.8. The maximum atomic E-state index is 5.47. The molecule has 1 atom stereocenters. The Kier molecular flexibility index (Phi) is 6.12. The number of rotatable bonds is 7. The van der Waals surface area contributed by atoms with Gasteiger partial charge in [0.25, 0.3) is 0 Å². The topological polar surface area (TPSA) is 35.2 Å². The van der Waals surface area contributed by atoms with Crippen molar-refractivity contribution in [3.05, 3.63) is 35.4 Å². The molecule has 1 unspecified atom stereocenters. The summed E-state index contributed by atoms with van der Waals surface area (Å²) in [6.45, 7) is 2.89. The number of nitrogens with two attached hydrogens (primary N) is 1. The van der Waals surface area contributed by atoms with E-state index < -0.39 is 0 Å². The second kappa shape index (κ2) is 7.42. The first kappa shape index (κ1) is 13.2. The first-order chi connectivity index (χ1) is 7.76. The molecule has 1 aromatic carbocycles. The van der Waals surface area contributed by atoms with Crippen molar-refractivity contribution in [2.75, 3.05) is 13.7 Å². The van der Waals surface area contributed by atoms with Crippen molar-refractivity contribution in [1.82, 2.24) is 0 Å². The van der Waals surface area contributed by atoms with Crippen molar-refractivity contribution >= 4 is 0 Å². The lowest BCUT2D eigenvalue weighted by atomic mass is 10.0. The largest absolute Gasteiger partial charge is 0.381 e. The lowest BCUT2D eigenvalue weighted by Crippen LogP contribution is -2.08. The van der Waals surface area contributed by atoms with Crippen LogP contribution in [-0.4, -0.2) is 19.8 Å². The summed E-state index contributed by atoms with van der Waals surface area (Å²) in [7, 11) is 1.76. The molecule has 0 bridgehead atoms. The summed E-state index contributed by atoms with van der Waals surface area (Å²) >= 11 is 0. The highest BCUT2D eigenvalue weighted by Gasteiger charge is 2.01. The summed E-state index contributed by atoms with van der Waals surface area (Å²) in [5, 5.41) is 0. The predicted octanol–water partition coefficient (Wildman–Crippen LogP) is 2.55. The van der Waals surface area contributed by atoms with E-state index in [1.807, 2.05) is 0 Å². The molecule has 2 heteroatoms. The minimum absolute atomic E-state index is 0.295. The van der Waals surface area contributed by atoms with E-state index in [1.165, 1.54) is 17.5 Å². The van der Waals surface area contributed by atoms with Crippen LogP contribution in [0.4, 0.5) is 0 Å². The third kappa shape index (κ3) is 4.77. The van der Waals surface area contributed by atoms with Gasteiger partial charge in [0.15, 0.2) is 0 Å². The quantitative estimate of drug-likeness (QED) is 0.718. The minimum atomic E-state index is 0.295. The van der Waals surface area contributed by atoms with Crippen molar-refractivity contribution in [1.29, 1.82) is 0 Å². The molecule has 1 aromatic rings. The van der Waals surface area contributed by atoms with Gasteiger partial charge < -0.3 is 10.5 Å². The number of ether oxygens (including phenoxy) is 1. The molecule has 0 aliphatic carbocycles. The molecule has 0 radical (unpaired) electrons. The lowest BCUT2D eigenvalue weighted by molar-refractivity contribution is 0.119. The Balaban J connectivity index is 2.41. The summed E-state index contributed by atoms with van der Waals surface area (Å²) in [4.78, 5) is 0. The predicted molar refractivity (Wildman–Crippen MR) is 68.6 cm³/mol. The molecule has 90 valence electrons. The highest BCUT2D eigenvalue weighted by atomic mass is 16.5. The lowest BCUT2D eigenvalue weighted by Gasteiger charge is -2.09. The Morgan fingerprint density at radius 2 is 1.75 bits per heavy atom. The normalized spacial score (nSPS) is 12.7. The molecule has 0 amide bonds. The summed E-state index contributed by atoms with van der Waals surface area (Å²) in [5.41, 5.74) is 8.22. The number of methoxy groups -OCH3 is 1. The maximum absolute atomic E-state index is 5.47. The molecule has 0 aliphatic rings. The van der Waals surface area contributed by atoms with Gasteiger partial charge in [0.1, 0.15) is 0 Å². The monoisotopic (exact) mass is 221 g/mol. The highest BCUT2D eigenvalue weighted by Crippen LogP contribution is 2.10. The van der Waals surface area contributed by atoms with Crippen LogP contribution in [0.1, 0.15) is 30.9 Å². The van der Waals surface area contributed by atoms with E-state index in [0.29, 0.717) is 6.10 Å². The number of hydrogen-bond acceptors (Lipinski definition) is 2. The van der Waals surface area contributed by atoms with Gasteiger partial charge >= 0.3 is 0 Å². The van der Waals surface area contributed by atoms with Gasteiger partial charge in [-0.3, -0.25) is 0 Å². The van der Waals surface area contributed by atoms with Gasteiger partial charge in [-0.1, -0.05) is 24.3 Å². The molecule has 0 aromatic heterocycles. The fraction of sp³-hybridized carbons (Fsp3) is 0.571. The number of hydrogen-bond donors (Lipinski definition) is 1. The van der Waals surface area contributed by atoms with E-state index in [9.17, 15) is 0 Å². The van der Waals surface area contributed by atoms with Gasteiger partial charge in [0.2, 0.25) is 0 Å². The van der Waals surface area contributed by atoms with Gasteiger partial charge in [-0.2, -0.15) is 0 Å². The molecule has 2 N–H and O–H groups in total. The zero-order valence-corrected chi connectivity index (χ0v) is 10.4. The van der Waals surface area contributed by atoms with Crippen LogP contribution in [0.2, 0.25) is 0 Å². The molecule has 0 fully saturated rings. The molecule has 0 saturated heterocycles. The number of aryl methyl sites for hydroxylation is 1. The molecular weight excluding hydrogens is 198 g/mol. The van der Waals surface area contributed by atoms with Crippen LogP contribution in [0.15, 0.2) is 24.3 Å². The third-order valence-electron chi connectivity index (χ3n) is 2.87. The van der Waals surface area contributed by atoms with Crippen molar-refractivity contribution in [2.24, 2.45) is 5.73 Å². The van der Waals surface area contributed by atoms with Crippen LogP contribution in [0.5, 0.6) is 0 Å². The van der Waals surface area contributed by atoms with Crippen molar-refractivity contribution in [3.63, 3.8) is 0 Å². The van der Waals surface area contributed by atoms with E-state index in [1.54, 1.807) is 7.11 Å².